The molecular formula is C16H11F2N3. The van der Waals surface area contributed by atoms with Crippen molar-refractivity contribution in [2.24, 2.45) is 0 Å². The zero-order chi connectivity index (χ0) is 14.8. The fourth-order valence-electron chi connectivity index (χ4n) is 2.32. The molecule has 104 valence electrons. The molecule has 0 radical (unpaired) electrons. The van der Waals surface area contributed by atoms with Gasteiger partial charge < -0.3 is 0 Å². The van der Waals surface area contributed by atoms with Crippen molar-refractivity contribution in [3.05, 3.63) is 71.2 Å². The Morgan fingerprint density at radius 2 is 1.76 bits per heavy atom. The maximum absolute atomic E-state index is 13.4. The molecule has 0 saturated heterocycles. The summed E-state index contributed by atoms with van der Waals surface area (Å²) in [6, 6.07) is 11.1. The highest BCUT2D eigenvalue weighted by atomic mass is 19.1. The summed E-state index contributed by atoms with van der Waals surface area (Å²) in [5, 5.41) is 8.96. The van der Waals surface area contributed by atoms with Gasteiger partial charge in [0.2, 0.25) is 0 Å². The van der Waals surface area contributed by atoms with Crippen LogP contribution in [0, 0.1) is 23.0 Å². The molecule has 0 bridgehead atoms. The standard InChI is InChI=1S/C16H11F2N3/c17-12-3-1-11(2-4-12)9-14-15(7-8-19)21-10-13(18)5-6-16(21)20-14/h1-6,10H,7,9H2. The Morgan fingerprint density at radius 1 is 1.05 bits per heavy atom. The lowest BCUT2D eigenvalue weighted by molar-refractivity contribution is 0.618. The van der Waals surface area contributed by atoms with Crippen LogP contribution in [0.3, 0.4) is 0 Å². The zero-order valence-corrected chi connectivity index (χ0v) is 11.1. The van der Waals surface area contributed by atoms with Crippen LogP contribution >= 0.6 is 0 Å². The number of hydrogen-bond donors (Lipinski definition) is 0. The number of rotatable bonds is 3. The second-order valence-corrected chi connectivity index (χ2v) is 4.72. The smallest absolute Gasteiger partial charge is 0.139 e. The van der Waals surface area contributed by atoms with E-state index in [0.29, 0.717) is 23.5 Å². The summed E-state index contributed by atoms with van der Waals surface area (Å²) in [6.07, 6.45) is 1.94. The number of imidazole rings is 1. The van der Waals surface area contributed by atoms with Crippen molar-refractivity contribution in [1.29, 1.82) is 5.26 Å². The van der Waals surface area contributed by atoms with Crippen LogP contribution in [0.4, 0.5) is 8.78 Å². The number of nitriles is 1. The Labute approximate surface area is 120 Å². The van der Waals surface area contributed by atoms with Crippen LogP contribution in [0.15, 0.2) is 42.6 Å². The van der Waals surface area contributed by atoms with Crippen molar-refractivity contribution in [3.63, 3.8) is 0 Å². The first-order chi connectivity index (χ1) is 10.2. The highest BCUT2D eigenvalue weighted by molar-refractivity contribution is 5.45. The van der Waals surface area contributed by atoms with Crippen LogP contribution in [-0.2, 0) is 12.8 Å². The number of halogens is 2. The highest BCUT2D eigenvalue weighted by Gasteiger charge is 2.13. The average Bonchev–Trinajstić information content (AvgIpc) is 2.79. The second kappa shape index (κ2) is 5.33. The molecule has 2 aromatic heterocycles. The van der Waals surface area contributed by atoms with Gasteiger partial charge in [0.1, 0.15) is 17.3 Å². The predicted molar refractivity (Wildman–Crippen MR) is 73.7 cm³/mol. The van der Waals surface area contributed by atoms with Gasteiger partial charge in [0.25, 0.3) is 0 Å². The minimum Gasteiger partial charge on any atom is -0.300 e. The first-order valence-corrected chi connectivity index (χ1v) is 6.44. The van der Waals surface area contributed by atoms with Crippen molar-refractivity contribution in [2.75, 3.05) is 0 Å². The first kappa shape index (κ1) is 13.3. The van der Waals surface area contributed by atoms with E-state index in [2.05, 4.69) is 11.1 Å². The summed E-state index contributed by atoms with van der Waals surface area (Å²) < 4.78 is 27.9. The molecule has 5 heteroatoms. The molecule has 0 N–H and O–H groups in total. The van der Waals surface area contributed by atoms with E-state index in [-0.39, 0.29) is 18.1 Å². The summed E-state index contributed by atoms with van der Waals surface area (Å²) in [5.74, 6) is -0.680. The molecule has 2 heterocycles. The average molecular weight is 283 g/mol. The topological polar surface area (TPSA) is 41.1 Å². The van der Waals surface area contributed by atoms with Gasteiger partial charge in [-0.05, 0) is 29.8 Å². The van der Waals surface area contributed by atoms with Gasteiger partial charge in [-0.1, -0.05) is 12.1 Å². The van der Waals surface area contributed by atoms with Gasteiger partial charge in [-0.25, -0.2) is 13.8 Å². The van der Waals surface area contributed by atoms with E-state index in [1.807, 2.05) is 0 Å². The number of pyridine rings is 1. The Hall–Kier alpha value is -2.74. The summed E-state index contributed by atoms with van der Waals surface area (Å²) in [4.78, 5) is 4.44. The summed E-state index contributed by atoms with van der Waals surface area (Å²) >= 11 is 0. The molecule has 0 unspecified atom stereocenters. The second-order valence-electron chi connectivity index (χ2n) is 4.72. The minimum atomic E-state index is -0.382. The third-order valence-electron chi connectivity index (χ3n) is 3.30. The van der Waals surface area contributed by atoms with E-state index in [1.165, 1.54) is 24.4 Å². The van der Waals surface area contributed by atoms with Crippen molar-refractivity contribution < 1.29 is 8.78 Å². The van der Waals surface area contributed by atoms with E-state index in [9.17, 15) is 8.78 Å². The Kier molecular flexibility index (Phi) is 3.36. The largest absolute Gasteiger partial charge is 0.300 e. The van der Waals surface area contributed by atoms with Crippen LogP contribution < -0.4 is 0 Å². The highest BCUT2D eigenvalue weighted by Crippen LogP contribution is 2.18. The number of hydrogen-bond acceptors (Lipinski definition) is 2. The molecule has 0 aliphatic carbocycles. The third kappa shape index (κ3) is 2.61. The SMILES string of the molecule is N#CCc1c(Cc2ccc(F)cc2)nc2ccc(F)cn12. The normalized spacial score (nSPS) is 10.7. The number of benzene rings is 1. The molecule has 3 rings (SSSR count). The zero-order valence-electron chi connectivity index (χ0n) is 11.1. The lowest BCUT2D eigenvalue weighted by atomic mass is 10.1. The molecule has 1 aromatic carbocycles. The molecule has 3 aromatic rings. The Balaban J connectivity index is 2.06. The van der Waals surface area contributed by atoms with Crippen LogP contribution in [-0.4, -0.2) is 9.38 Å². The Morgan fingerprint density at radius 3 is 2.48 bits per heavy atom. The molecule has 0 fully saturated rings. The van der Waals surface area contributed by atoms with Gasteiger partial charge in [0, 0.05) is 12.6 Å². The maximum atomic E-state index is 13.4. The maximum Gasteiger partial charge on any atom is 0.139 e. The van der Waals surface area contributed by atoms with Gasteiger partial charge in [-0.2, -0.15) is 5.26 Å². The van der Waals surface area contributed by atoms with Gasteiger partial charge >= 0.3 is 0 Å². The van der Waals surface area contributed by atoms with E-state index in [1.54, 1.807) is 22.6 Å². The van der Waals surface area contributed by atoms with Crippen molar-refractivity contribution in [2.45, 2.75) is 12.8 Å². The van der Waals surface area contributed by atoms with E-state index >= 15 is 0 Å². The van der Waals surface area contributed by atoms with Crippen molar-refractivity contribution >= 4 is 5.65 Å². The van der Waals surface area contributed by atoms with Gasteiger partial charge in [0.05, 0.1) is 23.9 Å². The monoisotopic (exact) mass is 283 g/mol. The van der Waals surface area contributed by atoms with E-state index in [0.717, 1.165) is 5.56 Å². The molecule has 3 nitrogen and oxygen atoms in total. The summed E-state index contributed by atoms with van der Waals surface area (Å²) in [7, 11) is 0. The minimum absolute atomic E-state index is 0.140. The summed E-state index contributed by atoms with van der Waals surface area (Å²) in [5.41, 5.74) is 2.85. The fourth-order valence-corrected chi connectivity index (χ4v) is 2.32. The van der Waals surface area contributed by atoms with Crippen LogP contribution in [0.2, 0.25) is 0 Å². The number of fused-ring (bicyclic) bond motifs is 1. The molecule has 0 spiro atoms. The lowest BCUT2D eigenvalue weighted by Crippen LogP contribution is -1.98. The van der Waals surface area contributed by atoms with E-state index < -0.39 is 0 Å². The fraction of sp³-hybridized carbons (Fsp3) is 0.125. The Bertz CT molecular complexity index is 829. The first-order valence-electron chi connectivity index (χ1n) is 6.44. The van der Waals surface area contributed by atoms with Crippen molar-refractivity contribution in [3.8, 4) is 6.07 Å². The molecule has 0 aliphatic rings. The van der Waals surface area contributed by atoms with Crippen LogP contribution in [0.5, 0.6) is 0 Å². The molecule has 0 atom stereocenters. The molecular weight excluding hydrogens is 272 g/mol. The predicted octanol–water partition coefficient (Wildman–Crippen LogP) is 3.27. The van der Waals surface area contributed by atoms with Crippen LogP contribution in [0.1, 0.15) is 17.0 Å². The van der Waals surface area contributed by atoms with Gasteiger partial charge in [-0.15, -0.1) is 0 Å². The van der Waals surface area contributed by atoms with Gasteiger partial charge in [-0.3, -0.25) is 4.40 Å². The summed E-state index contributed by atoms with van der Waals surface area (Å²) in [6.45, 7) is 0. The van der Waals surface area contributed by atoms with Crippen LogP contribution in [0.25, 0.3) is 5.65 Å². The lowest BCUT2D eigenvalue weighted by Gasteiger charge is -2.02. The van der Waals surface area contributed by atoms with Crippen molar-refractivity contribution in [1.82, 2.24) is 9.38 Å². The number of aromatic nitrogens is 2. The van der Waals surface area contributed by atoms with Gasteiger partial charge in [0.15, 0.2) is 0 Å². The van der Waals surface area contributed by atoms with E-state index in [4.69, 9.17) is 5.26 Å². The third-order valence-corrected chi connectivity index (χ3v) is 3.30. The molecule has 21 heavy (non-hydrogen) atoms. The molecule has 0 amide bonds. The number of nitrogens with zero attached hydrogens (tertiary/aromatic N) is 3. The molecule has 0 saturated carbocycles. The molecule has 0 aliphatic heterocycles. The quantitative estimate of drug-likeness (QED) is 0.740.